The lowest BCUT2D eigenvalue weighted by atomic mass is 9.98. The highest BCUT2D eigenvalue weighted by Gasteiger charge is 2.43. The number of nitrogens with zero attached hydrogens (tertiary/aromatic N) is 2. The van der Waals surface area contributed by atoms with Crippen LogP contribution in [0.3, 0.4) is 0 Å². The number of carbonyl (C=O) groups excluding carboxylic acids is 2. The van der Waals surface area contributed by atoms with Gasteiger partial charge in [0.25, 0.3) is 5.91 Å². The van der Waals surface area contributed by atoms with E-state index in [0.717, 1.165) is 25.1 Å². The first kappa shape index (κ1) is 14.3. The van der Waals surface area contributed by atoms with E-state index in [-0.39, 0.29) is 17.9 Å². The Morgan fingerprint density at radius 1 is 1.14 bits per heavy atom. The van der Waals surface area contributed by atoms with Gasteiger partial charge in [-0.25, -0.2) is 4.90 Å². The van der Waals surface area contributed by atoms with Gasteiger partial charge in [-0.1, -0.05) is 24.6 Å². The molecule has 2 fully saturated rings. The van der Waals surface area contributed by atoms with Crippen molar-refractivity contribution < 1.29 is 9.59 Å². The van der Waals surface area contributed by atoms with Crippen molar-refractivity contribution in [1.82, 2.24) is 4.90 Å². The van der Waals surface area contributed by atoms with Crippen molar-refractivity contribution in [3.8, 4) is 0 Å². The van der Waals surface area contributed by atoms with Gasteiger partial charge in [-0.2, -0.15) is 0 Å². The van der Waals surface area contributed by atoms with Crippen LogP contribution >= 0.6 is 0 Å². The molecule has 0 N–H and O–H groups in total. The Hall–Kier alpha value is -1.68. The van der Waals surface area contributed by atoms with Gasteiger partial charge in [-0.05, 0) is 44.4 Å². The minimum Gasteiger partial charge on any atom is -0.291 e. The average Bonchev–Trinajstić information content (AvgIpc) is 2.75. The van der Waals surface area contributed by atoms with E-state index in [2.05, 4.69) is 11.8 Å². The normalized spacial score (nSPS) is 27.4. The number of likely N-dealkylation sites (tertiary alicyclic amines) is 1. The Morgan fingerprint density at radius 2 is 1.86 bits per heavy atom. The molecule has 1 aromatic rings. The molecule has 0 unspecified atom stereocenters. The fourth-order valence-electron chi connectivity index (χ4n) is 3.38. The number of rotatable bonds is 2. The third kappa shape index (κ3) is 2.72. The molecule has 1 aromatic carbocycles. The van der Waals surface area contributed by atoms with Crippen LogP contribution in [-0.2, 0) is 9.59 Å². The maximum absolute atomic E-state index is 12.7. The van der Waals surface area contributed by atoms with Crippen LogP contribution in [0.5, 0.6) is 0 Å². The van der Waals surface area contributed by atoms with Gasteiger partial charge in [0, 0.05) is 6.54 Å². The molecule has 4 heteroatoms. The van der Waals surface area contributed by atoms with Crippen LogP contribution in [0.2, 0.25) is 0 Å². The summed E-state index contributed by atoms with van der Waals surface area (Å²) in [7, 11) is 0. The molecule has 0 radical (unpaired) electrons. The van der Waals surface area contributed by atoms with E-state index in [1.807, 2.05) is 31.2 Å². The third-order valence-corrected chi connectivity index (χ3v) is 4.54. The Balaban J connectivity index is 1.80. The minimum absolute atomic E-state index is 0.0575. The summed E-state index contributed by atoms with van der Waals surface area (Å²) in [6.07, 6.45) is 2.65. The lowest BCUT2D eigenvalue weighted by Crippen LogP contribution is -2.46. The number of piperidine rings is 1. The molecule has 2 saturated heterocycles. The highest BCUT2D eigenvalue weighted by atomic mass is 16.2. The quantitative estimate of drug-likeness (QED) is 0.784. The van der Waals surface area contributed by atoms with Crippen molar-refractivity contribution in [2.24, 2.45) is 5.92 Å². The zero-order chi connectivity index (χ0) is 15.0. The number of aryl methyl sites for hydroxylation is 1. The molecule has 0 aromatic heterocycles. The zero-order valence-electron chi connectivity index (χ0n) is 12.7. The van der Waals surface area contributed by atoms with Crippen LogP contribution in [0.4, 0.5) is 5.69 Å². The van der Waals surface area contributed by atoms with Gasteiger partial charge < -0.3 is 0 Å². The monoisotopic (exact) mass is 286 g/mol. The number of carbonyl (C=O) groups is 2. The van der Waals surface area contributed by atoms with Gasteiger partial charge in [0.2, 0.25) is 5.91 Å². The first-order chi connectivity index (χ1) is 10.1. The number of benzene rings is 1. The summed E-state index contributed by atoms with van der Waals surface area (Å²) >= 11 is 0. The summed E-state index contributed by atoms with van der Waals surface area (Å²) in [6.45, 7) is 6.06. The molecule has 2 atom stereocenters. The van der Waals surface area contributed by atoms with Gasteiger partial charge in [0.05, 0.1) is 18.2 Å². The molecule has 112 valence electrons. The smallest absolute Gasteiger partial charge is 0.251 e. The van der Waals surface area contributed by atoms with E-state index in [1.165, 1.54) is 11.3 Å². The highest BCUT2D eigenvalue weighted by molar-refractivity contribution is 6.22. The van der Waals surface area contributed by atoms with E-state index in [0.29, 0.717) is 18.0 Å². The second-order valence-electron chi connectivity index (χ2n) is 6.37. The van der Waals surface area contributed by atoms with E-state index >= 15 is 0 Å². The fraction of sp³-hybridized carbons (Fsp3) is 0.529. The van der Waals surface area contributed by atoms with E-state index in [9.17, 15) is 9.59 Å². The molecular formula is C17H22N2O2. The van der Waals surface area contributed by atoms with E-state index in [4.69, 9.17) is 0 Å². The molecule has 2 amide bonds. The number of hydrogen-bond acceptors (Lipinski definition) is 3. The predicted molar refractivity (Wildman–Crippen MR) is 82.0 cm³/mol. The zero-order valence-corrected chi connectivity index (χ0v) is 12.7. The lowest BCUT2D eigenvalue weighted by molar-refractivity contribution is -0.123. The SMILES string of the molecule is Cc1ccc(N2C(=O)C[C@@H](N3CCC[C@H](C)C3)C2=O)cc1. The number of imide groups is 1. The van der Waals surface area contributed by atoms with Crippen molar-refractivity contribution in [2.75, 3.05) is 18.0 Å². The summed E-state index contributed by atoms with van der Waals surface area (Å²) in [6, 6.07) is 7.32. The maximum atomic E-state index is 12.7. The van der Waals surface area contributed by atoms with E-state index < -0.39 is 0 Å². The molecule has 0 saturated carbocycles. The van der Waals surface area contributed by atoms with Crippen molar-refractivity contribution in [2.45, 2.75) is 39.2 Å². The van der Waals surface area contributed by atoms with Gasteiger partial charge in [0.1, 0.15) is 0 Å². The molecule has 2 aliphatic heterocycles. The topological polar surface area (TPSA) is 40.6 Å². The van der Waals surface area contributed by atoms with Gasteiger partial charge in [-0.3, -0.25) is 14.5 Å². The largest absolute Gasteiger partial charge is 0.291 e. The summed E-state index contributed by atoms with van der Waals surface area (Å²) in [5, 5.41) is 0. The van der Waals surface area contributed by atoms with Crippen molar-refractivity contribution in [1.29, 1.82) is 0 Å². The molecule has 2 heterocycles. The number of amides is 2. The van der Waals surface area contributed by atoms with Crippen LogP contribution in [0, 0.1) is 12.8 Å². The first-order valence-electron chi connectivity index (χ1n) is 7.74. The molecule has 4 nitrogen and oxygen atoms in total. The third-order valence-electron chi connectivity index (χ3n) is 4.54. The number of anilines is 1. The molecule has 3 rings (SSSR count). The fourth-order valence-corrected chi connectivity index (χ4v) is 3.38. The van der Waals surface area contributed by atoms with Gasteiger partial charge in [-0.15, -0.1) is 0 Å². The van der Waals surface area contributed by atoms with Crippen LogP contribution in [0.1, 0.15) is 31.7 Å². The second kappa shape index (κ2) is 5.60. The highest BCUT2D eigenvalue weighted by Crippen LogP contribution is 2.28. The Bertz CT molecular complexity index is 552. The van der Waals surface area contributed by atoms with Gasteiger partial charge >= 0.3 is 0 Å². The molecule has 0 bridgehead atoms. The van der Waals surface area contributed by atoms with Crippen molar-refractivity contribution in [3.63, 3.8) is 0 Å². The van der Waals surface area contributed by atoms with Gasteiger partial charge in [0.15, 0.2) is 0 Å². The summed E-state index contributed by atoms with van der Waals surface area (Å²) in [5.41, 5.74) is 1.82. The van der Waals surface area contributed by atoms with Crippen molar-refractivity contribution >= 4 is 17.5 Å². The molecule has 2 aliphatic rings. The standard InChI is InChI=1S/C17H22N2O2/c1-12-5-7-14(8-6-12)19-16(20)10-15(17(19)21)18-9-3-4-13(2)11-18/h5-8,13,15H,3-4,9-11H2,1-2H3/t13-,15+/m0/s1. The Kier molecular flexibility index (Phi) is 3.81. The summed E-state index contributed by atoms with van der Waals surface area (Å²) < 4.78 is 0. The van der Waals surface area contributed by atoms with Crippen LogP contribution in [0.25, 0.3) is 0 Å². The lowest BCUT2D eigenvalue weighted by Gasteiger charge is -2.34. The van der Waals surface area contributed by atoms with Crippen molar-refractivity contribution in [3.05, 3.63) is 29.8 Å². The van der Waals surface area contributed by atoms with Crippen LogP contribution in [-0.4, -0.2) is 35.8 Å². The molecule has 0 aliphatic carbocycles. The first-order valence-corrected chi connectivity index (χ1v) is 7.74. The van der Waals surface area contributed by atoms with E-state index in [1.54, 1.807) is 0 Å². The Morgan fingerprint density at radius 3 is 2.52 bits per heavy atom. The minimum atomic E-state index is -0.262. The van der Waals surface area contributed by atoms with Crippen LogP contribution in [0.15, 0.2) is 24.3 Å². The summed E-state index contributed by atoms with van der Waals surface area (Å²) in [4.78, 5) is 28.5. The summed E-state index contributed by atoms with van der Waals surface area (Å²) in [5.74, 6) is 0.472. The molecule has 0 spiro atoms. The molecular weight excluding hydrogens is 264 g/mol. The second-order valence-corrected chi connectivity index (χ2v) is 6.37. The average molecular weight is 286 g/mol. The maximum Gasteiger partial charge on any atom is 0.251 e. The molecule has 21 heavy (non-hydrogen) atoms. The predicted octanol–water partition coefficient (Wildman–Crippen LogP) is 2.36. The number of hydrogen-bond donors (Lipinski definition) is 0. The Labute approximate surface area is 125 Å². The van der Waals surface area contributed by atoms with Crippen LogP contribution < -0.4 is 4.90 Å².